The van der Waals surface area contributed by atoms with E-state index in [1.807, 2.05) is 0 Å². The first-order chi connectivity index (χ1) is 7.43. The van der Waals surface area contributed by atoms with Gasteiger partial charge >= 0.3 is 0 Å². The Morgan fingerprint density at radius 1 is 1.25 bits per heavy atom. The molecule has 1 fully saturated rings. The van der Waals surface area contributed by atoms with E-state index < -0.39 is 0 Å². The van der Waals surface area contributed by atoms with E-state index in [9.17, 15) is 0 Å². The lowest BCUT2D eigenvalue weighted by Gasteiger charge is -2.41. The van der Waals surface area contributed by atoms with Crippen LogP contribution in [0.5, 0.6) is 0 Å². The Morgan fingerprint density at radius 2 is 1.94 bits per heavy atom. The second kappa shape index (κ2) is 6.02. The molecule has 0 aromatic rings. The molecule has 0 spiro atoms. The highest BCUT2D eigenvalue weighted by Gasteiger charge is 2.29. The van der Waals surface area contributed by atoms with Gasteiger partial charge in [-0.15, -0.1) is 0 Å². The Kier molecular flexibility index (Phi) is 5.26. The van der Waals surface area contributed by atoms with Crippen molar-refractivity contribution < 1.29 is 0 Å². The lowest BCUT2D eigenvalue weighted by atomic mass is 9.82. The normalized spacial score (nSPS) is 27.0. The average Bonchev–Trinajstić information content (AvgIpc) is 2.16. The van der Waals surface area contributed by atoms with Crippen LogP contribution < -0.4 is 5.32 Å². The van der Waals surface area contributed by atoms with Gasteiger partial charge in [-0.25, -0.2) is 0 Å². The molecule has 16 heavy (non-hydrogen) atoms. The van der Waals surface area contributed by atoms with Crippen LogP contribution in [-0.2, 0) is 0 Å². The third kappa shape index (κ3) is 4.42. The Labute approximate surface area is 102 Å². The average molecular weight is 226 g/mol. The summed E-state index contributed by atoms with van der Waals surface area (Å²) in [5, 5.41) is 3.55. The molecular weight excluding hydrogens is 196 g/mol. The van der Waals surface area contributed by atoms with Crippen LogP contribution in [0, 0.1) is 11.3 Å². The fourth-order valence-electron chi connectivity index (χ4n) is 2.67. The monoisotopic (exact) mass is 226 g/mol. The highest BCUT2D eigenvalue weighted by Crippen LogP contribution is 2.27. The molecular formula is C14H30N2. The molecule has 1 unspecified atom stereocenters. The smallest absolute Gasteiger partial charge is 0.00503 e. The van der Waals surface area contributed by atoms with Crippen LogP contribution >= 0.6 is 0 Å². The zero-order valence-corrected chi connectivity index (χ0v) is 11.8. The van der Waals surface area contributed by atoms with Gasteiger partial charge in [-0.1, -0.05) is 20.8 Å². The SMILES string of the molecule is CC(C)CN(CC1(C)CCCNC1)C(C)C. The van der Waals surface area contributed by atoms with Crippen molar-refractivity contribution >= 4 is 0 Å². The molecule has 0 aliphatic carbocycles. The van der Waals surface area contributed by atoms with E-state index in [2.05, 4.69) is 44.8 Å². The second-order valence-corrected chi connectivity index (χ2v) is 6.51. The number of hydrogen-bond donors (Lipinski definition) is 1. The molecule has 1 rings (SSSR count). The Hall–Kier alpha value is -0.0800. The predicted octanol–water partition coefficient (Wildman–Crippen LogP) is 2.74. The molecule has 2 nitrogen and oxygen atoms in total. The van der Waals surface area contributed by atoms with Gasteiger partial charge in [0.25, 0.3) is 0 Å². The van der Waals surface area contributed by atoms with Crippen LogP contribution in [0.15, 0.2) is 0 Å². The summed E-state index contributed by atoms with van der Waals surface area (Å²) in [6, 6.07) is 0.668. The maximum Gasteiger partial charge on any atom is 0.00503 e. The van der Waals surface area contributed by atoms with Crippen molar-refractivity contribution in [1.29, 1.82) is 0 Å². The lowest BCUT2D eigenvalue weighted by molar-refractivity contribution is 0.0990. The van der Waals surface area contributed by atoms with Gasteiger partial charge in [0.05, 0.1) is 0 Å². The molecule has 1 N–H and O–H groups in total. The van der Waals surface area contributed by atoms with Crippen molar-refractivity contribution in [3.8, 4) is 0 Å². The fourth-order valence-corrected chi connectivity index (χ4v) is 2.67. The van der Waals surface area contributed by atoms with Crippen LogP contribution in [0.25, 0.3) is 0 Å². The number of hydrogen-bond acceptors (Lipinski definition) is 2. The van der Waals surface area contributed by atoms with Crippen LogP contribution in [0.1, 0.15) is 47.5 Å². The fraction of sp³-hybridized carbons (Fsp3) is 1.00. The molecule has 2 heteroatoms. The van der Waals surface area contributed by atoms with Crippen molar-refractivity contribution in [2.45, 2.75) is 53.5 Å². The van der Waals surface area contributed by atoms with Gasteiger partial charge in [0.15, 0.2) is 0 Å². The van der Waals surface area contributed by atoms with Gasteiger partial charge in [-0.3, -0.25) is 0 Å². The summed E-state index contributed by atoms with van der Waals surface area (Å²) in [7, 11) is 0. The van der Waals surface area contributed by atoms with Crippen LogP contribution in [-0.4, -0.2) is 37.1 Å². The topological polar surface area (TPSA) is 15.3 Å². The maximum atomic E-state index is 3.55. The van der Waals surface area contributed by atoms with Crippen LogP contribution in [0.4, 0.5) is 0 Å². The van der Waals surface area contributed by atoms with Gasteiger partial charge in [0.2, 0.25) is 0 Å². The standard InChI is InChI=1S/C14H30N2/c1-12(2)9-16(13(3)4)11-14(5)7-6-8-15-10-14/h12-13,15H,6-11H2,1-5H3. The second-order valence-electron chi connectivity index (χ2n) is 6.51. The van der Waals surface area contributed by atoms with Crippen molar-refractivity contribution in [3.05, 3.63) is 0 Å². The molecule has 0 bridgehead atoms. The van der Waals surface area contributed by atoms with Crippen molar-refractivity contribution in [3.63, 3.8) is 0 Å². The summed E-state index contributed by atoms with van der Waals surface area (Å²) in [5.74, 6) is 0.766. The molecule has 0 radical (unpaired) electrons. The molecule has 1 aliphatic heterocycles. The number of rotatable bonds is 5. The Balaban J connectivity index is 2.52. The third-order valence-electron chi connectivity index (χ3n) is 3.60. The molecule has 1 saturated heterocycles. The number of nitrogens with one attached hydrogen (secondary N) is 1. The maximum absolute atomic E-state index is 3.55. The lowest BCUT2D eigenvalue weighted by Crippen LogP contribution is -2.48. The summed E-state index contributed by atoms with van der Waals surface area (Å²) in [6.07, 6.45) is 2.71. The highest BCUT2D eigenvalue weighted by molar-refractivity contribution is 4.85. The van der Waals surface area contributed by atoms with E-state index in [1.54, 1.807) is 0 Å². The minimum Gasteiger partial charge on any atom is -0.316 e. The summed E-state index contributed by atoms with van der Waals surface area (Å²) >= 11 is 0. The minimum absolute atomic E-state index is 0.484. The van der Waals surface area contributed by atoms with Crippen LogP contribution in [0.3, 0.4) is 0 Å². The summed E-state index contributed by atoms with van der Waals surface area (Å²) < 4.78 is 0. The van der Waals surface area contributed by atoms with Crippen molar-refractivity contribution in [2.24, 2.45) is 11.3 Å². The first kappa shape index (κ1) is 14.0. The van der Waals surface area contributed by atoms with E-state index in [0.29, 0.717) is 11.5 Å². The number of nitrogens with zero attached hydrogens (tertiary/aromatic N) is 1. The van der Waals surface area contributed by atoms with Crippen molar-refractivity contribution in [1.82, 2.24) is 10.2 Å². The minimum atomic E-state index is 0.484. The zero-order chi connectivity index (χ0) is 12.2. The molecule has 0 aromatic carbocycles. The molecule has 0 aromatic heterocycles. The van der Waals surface area contributed by atoms with Gasteiger partial charge in [0, 0.05) is 25.7 Å². The quantitative estimate of drug-likeness (QED) is 0.775. The summed E-state index contributed by atoms with van der Waals surface area (Å²) in [6.45, 7) is 16.6. The van der Waals surface area contributed by atoms with E-state index in [0.717, 1.165) is 5.92 Å². The Bertz CT molecular complexity index is 193. The molecule has 1 atom stereocenters. The molecule has 96 valence electrons. The first-order valence-corrected chi connectivity index (χ1v) is 6.88. The molecule has 1 aliphatic rings. The van der Waals surface area contributed by atoms with E-state index >= 15 is 0 Å². The van der Waals surface area contributed by atoms with Gasteiger partial charge < -0.3 is 10.2 Å². The third-order valence-corrected chi connectivity index (χ3v) is 3.60. The largest absolute Gasteiger partial charge is 0.316 e. The van der Waals surface area contributed by atoms with Crippen molar-refractivity contribution in [2.75, 3.05) is 26.2 Å². The Morgan fingerprint density at radius 3 is 2.38 bits per heavy atom. The van der Waals surface area contributed by atoms with E-state index in [4.69, 9.17) is 0 Å². The molecule has 0 saturated carbocycles. The molecule has 1 heterocycles. The van der Waals surface area contributed by atoms with E-state index in [-0.39, 0.29) is 0 Å². The number of piperidine rings is 1. The zero-order valence-electron chi connectivity index (χ0n) is 11.8. The predicted molar refractivity (Wildman–Crippen MR) is 71.8 cm³/mol. The summed E-state index contributed by atoms with van der Waals surface area (Å²) in [5.41, 5.74) is 0.484. The molecule has 0 amide bonds. The van der Waals surface area contributed by atoms with Gasteiger partial charge in [0.1, 0.15) is 0 Å². The highest BCUT2D eigenvalue weighted by atomic mass is 15.2. The van der Waals surface area contributed by atoms with E-state index in [1.165, 1.54) is 39.0 Å². The summed E-state index contributed by atoms with van der Waals surface area (Å²) in [4.78, 5) is 2.65. The van der Waals surface area contributed by atoms with Gasteiger partial charge in [-0.05, 0) is 44.6 Å². The van der Waals surface area contributed by atoms with Gasteiger partial charge in [-0.2, -0.15) is 0 Å². The first-order valence-electron chi connectivity index (χ1n) is 6.88. The van der Waals surface area contributed by atoms with Crippen LogP contribution in [0.2, 0.25) is 0 Å².